The molecule has 1 saturated heterocycles. The van der Waals surface area contributed by atoms with E-state index in [0.29, 0.717) is 18.8 Å². The molecule has 2 heterocycles. The Balaban J connectivity index is 1.57. The highest BCUT2D eigenvalue weighted by atomic mass is 16.6. The summed E-state index contributed by atoms with van der Waals surface area (Å²) in [4.78, 5) is 25.4. The van der Waals surface area contributed by atoms with E-state index in [4.69, 9.17) is 9.47 Å². The van der Waals surface area contributed by atoms with Crippen molar-refractivity contribution in [2.24, 2.45) is 0 Å². The minimum Gasteiger partial charge on any atom is -0.474 e. The van der Waals surface area contributed by atoms with Crippen molar-refractivity contribution in [1.82, 2.24) is 5.32 Å². The Morgan fingerprint density at radius 3 is 2.89 bits per heavy atom. The number of hydrogen-bond acceptors (Lipinski definition) is 7. The van der Waals surface area contributed by atoms with Crippen molar-refractivity contribution in [3.63, 3.8) is 0 Å². The fraction of sp³-hybridized carbons (Fsp3) is 0.316. The number of ether oxygens (including phenoxy) is 2. The summed E-state index contributed by atoms with van der Waals surface area (Å²) in [5.74, 6) is -0.140. The van der Waals surface area contributed by atoms with Crippen molar-refractivity contribution < 1.29 is 19.2 Å². The molecule has 2 atom stereocenters. The number of hydrogen-bond donors (Lipinski definition) is 1. The molecule has 0 saturated carbocycles. The van der Waals surface area contributed by atoms with Gasteiger partial charge >= 0.3 is 5.97 Å². The van der Waals surface area contributed by atoms with E-state index < -0.39 is 17.0 Å². The molecule has 2 aliphatic heterocycles. The summed E-state index contributed by atoms with van der Waals surface area (Å²) in [6.07, 6.45) is -0.851. The van der Waals surface area contributed by atoms with E-state index >= 15 is 0 Å². The quantitative estimate of drug-likeness (QED) is 0.499. The Morgan fingerprint density at radius 1 is 1.30 bits per heavy atom. The van der Waals surface area contributed by atoms with Gasteiger partial charge in [-0.25, -0.2) is 4.79 Å². The van der Waals surface area contributed by atoms with Gasteiger partial charge in [0.05, 0.1) is 22.7 Å². The van der Waals surface area contributed by atoms with Crippen LogP contribution in [0, 0.1) is 10.1 Å². The number of nitrogens with zero attached hydrogens (tertiary/aromatic N) is 2. The summed E-state index contributed by atoms with van der Waals surface area (Å²) in [7, 11) is 0. The smallest absolute Gasteiger partial charge is 0.349 e. The molecule has 2 aliphatic rings. The van der Waals surface area contributed by atoms with Gasteiger partial charge in [0.25, 0.3) is 5.69 Å². The molecule has 0 aromatic heterocycles. The van der Waals surface area contributed by atoms with E-state index in [9.17, 15) is 14.9 Å². The summed E-state index contributed by atoms with van der Waals surface area (Å²) < 4.78 is 11.3. The molecule has 2 unspecified atom stereocenters. The van der Waals surface area contributed by atoms with Crippen LogP contribution in [-0.2, 0) is 16.1 Å². The van der Waals surface area contributed by atoms with Gasteiger partial charge in [-0.2, -0.15) is 0 Å². The molecule has 2 aromatic rings. The average Bonchev–Trinajstić information content (AvgIpc) is 2.71. The van der Waals surface area contributed by atoms with Gasteiger partial charge in [0.2, 0.25) is 6.10 Å². The van der Waals surface area contributed by atoms with Gasteiger partial charge in [-0.15, -0.1) is 0 Å². The maximum absolute atomic E-state index is 12.7. The van der Waals surface area contributed by atoms with E-state index in [0.717, 1.165) is 17.8 Å². The molecule has 2 aromatic carbocycles. The van der Waals surface area contributed by atoms with Gasteiger partial charge in [-0.05, 0) is 11.6 Å². The van der Waals surface area contributed by atoms with Crippen molar-refractivity contribution in [3.8, 4) is 5.75 Å². The summed E-state index contributed by atoms with van der Waals surface area (Å²) in [5.41, 5.74) is 1.58. The number of anilines is 1. The maximum Gasteiger partial charge on any atom is 0.349 e. The van der Waals surface area contributed by atoms with Crippen LogP contribution in [0.4, 0.5) is 11.4 Å². The number of rotatable bonds is 4. The minimum absolute atomic E-state index is 0.0706. The Bertz CT molecular complexity index is 858. The Labute approximate surface area is 155 Å². The number of fused-ring (bicyclic) bond motifs is 3. The fourth-order valence-corrected chi connectivity index (χ4v) is 3.47. The molecule has 4 rings (SSSR count). The molecule has 0 radical (unpaired) electrons. The van der Waals surface area contributed by atoms with Crippen LogP contribution in [0.1, 0.15) is 5.56 Å². The number of nitro groups is 1. The molecule has 1 N–H and O–H groups in total. The van der Waals surface area contributed by atoms with Crippen molar-refractivity contribution >= 4 is 17.3 Å². The van der Waals surface area contributed by atoms with Crippen LogP contribution in [0.3, 0.4) is 0 Å². The number of carbonyl (C=O) groups excluding carboxylic acids is 1. The number of carbonyl (C=O) groups is 1. The lowest BCUT2D eigenvalue weighted by Crippen LogP contribution is -2.62. The molecule has 0 bridgehead atoms. The van der Waals surface area contributed by atoms with Gasteiger partial charge in [0.1, 0.15) is 6.61 Å². The zero-order valence-electron chi connectivity index (χ0n) is 14.5. The standard InChI is InChI=1S/C19H19N3O5/c23-19(26-12-13-4-2-1-3-5-13)18-16-11-20-8-9-21(16)15-7-6-14(22(24)25)10-17(15)27-18/h1-7,10,16,18,20H,8-9,11-12H2. The predicted octanol–water partition coefficient (Wildman–Crippen LogP) is 1.88. The van der Waals surface area contributed by atoms with E-state index in [1.165, 1.54) is 12.1 Å². The molecule has 27 heavy (non-hydrogen) atoms. The highest BCUT2D eigenvalue weighted by molar-refractivity contribution is 5.80. The molecule has 8 nitrogen and oxygen atoms in total. The molecule has 1 fully saturated rings. The zero-order valence-corrected chi connectivity index (χ0v) is 14.5. The predicted molar refractivity (Wildman–Crippen MR) is 97.8 cm³/mol. The monoisotopic (exact) mass is 369 g/mol. The van der Waals surface area contributed by atoms with Crippen molar-refractivity contribution in [2.45, 2.75) is 18.8 Å². The number of nitro benzene ring substituents is 1. The first-order valence-corrected chi connectivity index (χ1v) is 8.76. The molecule has 0 aliphatic carbocycles. The van der Waals surface area contributed by atoms with Crippen molar-refractivity contribution in [1.29, 1.82) is 0 Å². The fourth-order valence-electron chi connectivity index (χ4n) is 3.47. The number of esters is 1. The average molecular weight is 369 g/mol. The van der Waals surface area contributed by atoms with Crippen LogP contribution >= 0.6 is 0 Å². The SMILES string of the molecule is O=C(OCc1ccccc1)C1Oc2cc([N+](=O)[O-])ccc2N2CCNCC12. The third kappa shape index (κ3) is 3.43. The first-order valence-electron chi connectivity index (χ1n) is 8.76. The van der Waals surface area contributed by atoms with Gasteiger partial charge in [0.15, 0.2) is 5.75 Å². The number of non-ortho nitro benzene ring substituents is 1. The second-order valence-corrected chi connectivity index (χ2v) is 6.51. The molecule has 0 amide bonds. The Kier molecular flexibility index (Phi) is 4.64. The van der Waals surface area contributed by atoms with E-state index in [1.54, 1.807) is 6.07 Å². The lowest BCUT2D eigenvalue weighted by atomic mass is 10.0. The first kappa shape index (κ1) is 17.3. The number of nitrogens with one attached hydrogen (secondary N) is 1. The van der Waals surface area contributed by atoms with Crippen LogP contribution in [0.25, 0.3) is 0 Å². The molecular formula is C19H19N3O5. The van der Waals surface area contributed by atoms with E-state index in [-0.39, 0.29) is 18.3 Å². The summed E-state index contributed by atoms with van der Waals surface area (Å²) >= 11 is 0. The first-order chi connectivity index (χ1) is 13.1. The summed E-state index contributed by atoms with van der Waals surface area (Å²) in [5, 5.41) is 14.3. The highest BCUT2D eigenvalue weighted by Gasteiger charge is 2.42. The van der Waals surface area contributed by atoms with Crippen LogP contribution in [-0.4, -0.2) is 42.7 Å². The van der Waals surface area contributed by atoms with Gasteiger partial charge in [0, 0.05) is 25.7 Å². The summed E-state index contributed by atoms with van der Waals surface area (Å²) in [6.45, 7) is 2.17. The highest BCUT2D eigenvalue weighted by Crippen LogP contribution is 2.39. The molecule has 0 spiro atoms. The molecule has 140 valence electrons. The Morgan fingerprint density at radius 2 is 2.11 bits per heavy atom. The molecular weight excluding hydrogens is 350 g/mol. The third-order valence-electron chi connectivity index (χ3n) is 4.81. The van der Waals surface area contributed by atoms with Gasteiger partial charge in [-0.1, -0.05) is 30.3 Å². The Hall–Kier alpha value is -3.13. The lowest BCUT2D eigenvalue weighted by Gasteiger charge is -2.45. The maximum atomic E-state index is 12.7. The second-order valence-electron chi connectivity index (χ2n) is 6.51. The minimum atomic E-state index is -0.851. The second kappa shape index (κ2) is 7.24. The van der Waals surface area contributed by atoms with Crippen LogP contribution in [0.15, 0.2) is 48.5 Å². The summed E-state index contributed by atoms with van der Waals surface area (Å²) in [6, 6.07) is 13.7. The lowest BCUT2D eigenvalue weighted by molar-refractivity contribution is -0.385. The number of benzene rings is 2. The third-order valence-corrected chi connectivity index (χ3v) is 4.81. The van der Waals surface area contributed by atoms with Crippen molar-refractivity contribution in [2.75, 3.05) is 24.5 Å². The van der Waals surface area contributed by atoms with Gasteiger partial charge in [-0.3, -0.25) is 10.1 Å². The van der Waals surface area contributed by atoms with Crippen molar-refractivity contribution in [3.05, 3.63) is 64.2 Å². The van der Waals surface area contributed by atoms with Crippen LogP contribution in [0.2, 0.25) is 0 Å². The largest absolute Gasteiger partial charge is 0.474 e. The topological polar surface area (TPSA) is 93.9 Å². The van der Waals surface area contributed by atoms with Gasteiger partial charge < -0.3 is 19.7 Å². The zero-order chi connectivity index (χ0) is 18.8. The molecule has 8 heteroatoms. The number of piperazine rings is 1. The normalized spacial score (nSPS) is 20.8. The van der Waals surface area contributed by atoms with E-state index in [1.807, 2.05) is 30.3 Å². The van der Waals surface area contributed by atoms with E-state index in [2.05, 4.69) is 10.2 Å². The van der Waals surface area contributed by atoms with Crippen LogP contribution in [0.5, 0.6) is 5.75 Å². The van der Waals surface area contributed by atoms with Crippen LogP contribution < -0.4 is 15.0 Å².